The van der Waals surface area contributed by atoms with E-state index >= 15 is 0 Å². The summed E-state index contributed by atoms with van der Waals surface area (Å²) >= 11 is 0. The lowest BCUT2D eigenvalue weighted by molar-refractivity contribution is -0.141. The van der Waals surface area contributed by atoms with Gasteiger partial charge in [0.05, 0.1) is 7.11 Å². The van der Waals surface area contributed by atoms with Crippen LogP contribution in [0.5, 0.6) is 0 Å². The van der Waals surface area contributed by atoms with Gasteiger partial charge in [0.15, 0.2) is 17.7 Å². The number of hydrogen-bond donors (Lipinski definition) is 1. The summed E-state index contributed by atoms with van der Waals surface area (Å²) in [6, 6.07) is 10.9. The van der Waals surface area contributed by atoms with Crippen LogP contribution in [0.3, 0.4) is 0 Å². The average molecular weight is 260 g/mol. The molecule has 1 atom stereocenters. The number of methoxy groups -OCH3 is 1. The Kier molecular flexibility index (Phi) is 4.07. The van der Waals surface area contributed by atoms with Crippen molar-refractivity contribution in [3.63, 3.8) is 0 Å². The fourth-order valence-corrected chi connectivity index (χ4v) is 1.67. The standard InChI is InChI=1S/C14H13FN2O2/c1-19-14(18)12(10-6-3-2-4-7-10)17-13-11(15)8-5-9-16-13/h2-9,12H,1H3,(H,16,17). The molecule has 0 bridgehead atoms. The van der Waals surface area contributed by atoms with Gasteiger partial charge in [-0.1, -0.05) is 30.3 Å². The summed E-state index contributed by atoms with van der Waals surface area (Å²) in [5.74, 6) is -1.01. The van der Waals surface area contributed by atoms with Crippen molar-refractivity contribution in [1.82, 2.24) is 4.98 Å². The number of nitrogens with one attached hydrogen (secondary N) is 1. The molecule has 0 aliphatic heterocycles. The van der Waals surface area contributed by atoms with Gasteiger partial charge < -0.3 is 10.1 Å². The second kappa shape index (κ2) is 5.95. The summed E-state index contributed by atoms with van der Waals surface area (Å²) in [5.41, 5.74) is 0.680. The number of anilines is 1. The number of esters is 1. The fraction of sp³-hybridized carbons (Fsp3) is 0.143. The zero-order chi connectivity index (χ0) is 13.7. The fourth-order valence-electron chi connectivity index (χ4n) is 1.67. The highest BCUT2D eigenvalue weighted by atomic mass is 19.1. The molecule has 19 heavy (non-hydrogen) atoms. The summed E-state index contributed by atoms with van der Waals surface area (Å²) in [5, 5.41) is 2.75. The normalized spacial score (nSPS) is 11.7. The molecule has 2 rings (SSSR count). The van der Waals surface area contributed by atoms with Crippen molar-refractivity contribution in [3.8, 4) is 0 Å². The van der Waals surface area contributed by atoms with Crippen LogP contribution in [-0.2, 0) is 9.53 Å². The van der Waals surface area contributed by atoms with Gasteiger partial charge in [0.25, 0.3) is 0 Å². The highest BCUT2D eigenvalue weighted by molar-refractivity contribution is 5.80. The Morgan fingerprint density at radius 1 is 1.26 bits per heavy atom. The highest BCUT2D eigenvalue weighted by Crippen LogP contribution is 2.21. The van der Waals surface area contributed by atoms with E-state index in [1.807, 2.05) is 6.07 Å². The van der Waals surface area contributed by atoms with E-state index in [1.54, 1.807) is 24.3 Å². The first-order valence-corrected chi connectivity index (χ1v) is 5.72. The van der Waals surface area contributed by atoms with E-state index in [2.05, 4.69) is 10.3 Å². The topological polar surface area (TPSA) is 51.2 Å². The van der Waals surface area contributed by atoms with Crippen molar-refractivity contribution < 1.29 is 13.9 Å². The molecule has 98 valence electrons. The first-order valence-electron chi connectivity index (χ1n) is 5.72. The Morgan fingerprint density at radius 3 is 2.63 bits per heavy atom. The van der Waals surface area contributed by atoms with Crippen LogP contribution in [0.4, 0.5) is 10.2 Å². The van der Waals surface area contributed by atoms with Crippen molar-refractivity contribution in [2.45, 2.75) is 6.04 Å². The van der Waals surface area contributed by atoms with E-state index < -0.39 is 17.8 Å². The molecule has 1 aromatic carbocycles. The van der Waals surface area contributed by atoms with Crippen LogP contribution >= 0.6 is 0 Å². The second-order valence-corrected chi connectivity index (χ2v) is 3.85. The summed E-state index contributed by atoms with van der Waals surface area (Å²) in [6.07, 6.45) is 1.45. The van der Waals surface area contributed by atoms with Crippen molar-refractivity contribution in [2.75, 3.05) is 12.4 Å². The summed E-state index contributed by atoms with van der Waals surface area (Å²) in [7, 11) is 1.29. The van der Waals surface area contributed by atoms with Crippen LogP contribution in [0.15, 0.2) is 48.7 Å². The molecule has 0 aliphatic carbocycles. The Morgan fingerprint density at radius 2 is 2.00 bits per heavy atom. The molecule has 0 radical (unpaired) electrons. The van der Waals surface area contributed by atoms with E-state index in [4.69, 9.17) is 4.74 Å². The van der Waals surface area contributed by atoms with Crippen LogP contribution in [0, 0.1) is 5.82 Å². The van der Waals surface area contributed by atoms with E-state index in [-0.39, 0.29) is 5.82 Å². The van der Waals surface area contributed by atoms with Gasteiger partial charge in [-0.25, -0.2) is 14.2 Å². The first kappa shape index (κ1) is 13.0. The Hall–Kier alpha value is -2.43. The maximum Gasteiger partial charge on any atom is 0.333 e. The lowest BCUT2D eigenvalue weighted by Crippen LogP contribution is -2.23. The van der Waals surface area contributed by atoms with Crippen molar-refractivity contribution in [2.24, 2.45) is 0 Å². The number of hydrogen-bond acceptors (Lipinski definition) is 4. The number of benzene rings is 1. The number of ether oxygens (including phenoxy) is 1. The third-order valence-electron chi connectivity index (χ3n) is 2.61. The predicted molar refractivity (Wildman–Crippen MR) is 69.0 cm³/mol. The van der Waals surface area contributed by atoms with Gasteiger partial charge in [-0.05, 0) is 17.7 Å². The molecule has 4 nitrogen and oxygen atoms in total. The maximum atomic E-state index is 13.6. The molecule has 1 N–H and O–H groups in total. The molecule has 0 spiro atoms. The van der Waals surface area contributed by atoms with Crippen molar-refractivity contribution >= 4 is 11.8 Å². The van der Waals surface area contributed by atoms with Gasteiger partial charge in [-0.15, -0.1) is 0 Å². The summed E-state index contributed by atoms with van der Waals surface area (Å²) in [6.45, 7) is 0. The van der Waals surface area contributed by atoms with Crippen molar-refractivity contribution in [1.29, 1.82) is 0 Å². The third-order valence-corrected chi connectivity index (χ3v) is 2.61. The SMILES string of the molecule is COC(=O)C(Nc1ncccc1F)c1ccccc1. The minimum Gasteiger partial charge on any atom is -0.467 e. The minimum atomic E-state index is -0.796. The Balaban J connectivity index is 2.30. The molecular weight excluding hydrogens is 247 g/mol. The number of nitrogens with zero attached hydrogens (tertiary/aromatic N) is 1. The second-order valence-electron chi connectivity index (χ2n) is 3.85. The lowest BCUT2D eigenvalue weighted by Gasteiger charge is -2.17. The summed E-state index contributed by atoms with van der Waals surface area (Å²) in [4.78, 5) is 15.7. The van der Waals surface area contributed by atoms with Crippen LogP contribution in [0.25, 0.3) is 0 Å². The van der Waals surface area contributed by atoms with E-state index in [1.165, 1.54) is 25.4 Å². The summed E-state index contributed by atoms with van der Waals surface area (Å²) < 4.78 is 18.3. The van der Waals surface area contributed by atoms with Gasteiger partial charge in [-0.2, -0.15) is 0 Å². The molecule has 0 fully saturated rings. The van der Waals surface area contributed by atoms with Gasteiger partial charge in [0, 0.05) is 6.20 Å². The molecule has 5 heteroatoms. The van der Waals surface area contributed by atoms with Crippen LogP contribution in [0.1, 0.15) is 11.6 Å². The Labute approximate surface area is 110 Å². The molecular formula is C14H13FN2O2. The zero-order valence-electron chi connectivity index (χ0n) is 10.3. The largest absolute Gasteiger partial charge is 0.467 e. The predicted octanol–water partition coefficient (Wildman–Crippen LogP) is 2.55. The van der Waals surface area contributed by atoms with Gasteiger partial charge in [-0.3, -0.25) is 0 Å². The van der Waals surface area contributed by atoms with Gasteiger partial charge >= 0.3 is 5.97 Å². The number of carbonyl (C=O) groups excluding carboxylic acids is 1. The molecule has 1 unspecified atom stereocenters. The molecule has 2 aromatic rings. The average Bonchev–Trinajstić information content (AvgIpc) is 2.46. The number of carbonyl (C=O) groups is 1. The van der Waals surface area contributed by atoms with Crippen LogP contribution in [-0.4, -0.2) is 18.1 Å². The van der Waals surface area contributed by atoms with E-state index in [9.17, 15) is 9.18 Å². The number of pyridine rings is 1. The molecule has 1 heterocycles. The molecule has 0 aliphatic rings. The monoisotopic (exact) mass is 260 g/mol. The van der Waals surface area contributed by atoms with Crippen LogP contribution in [0.2, 0.25) is 0 Å². The lowest BCUT2D eigenvalue weighted by atomic mass is 10.1. The smallest absolute Gasteiger partial charge is 0.333 e. The molecule has 0 amide bonds. The van der Waals surface area contributed by atoms with Crippen molar-refractivity contribution in [3.05, 3.63) is 60.0 Å². The molecule has 1 aromatic heterocycles. The number of aromatic nitrogens is 1. The number of rotatable bonds is 4. The van der Waals surface area contributed by atoms with Crippen LogP contribution < -0.4 is 5.32 Å². The van der Waals surface area contributed by atoms with E-state index in [0.717, 1.165) is 0 Å². The highest BCUT2D eigenvalue weighted by Gasteiger charge is 2.22. The minimum absolute atomic E-state index is 0.0155. The van der Waals surface area contributed by atoms with Gasteiger partial charge in [0.2, 0.25) is 0 Å². The third kappa shape index (κ3) is 3.07. The maximum absolute atomic E-state index is 13.6. The molecule has 0 saturated heterocycles. The quantitative estimate of drug-likeness (QED) is 0.858. The zero-order valence-corrected chi connectivity index (χ0v) is 10.3. The Bertz CT molecular complexity index is 560. The number of halogens is 1. The van der Waals surface area contributed by atoms with Gasteiger partial charge in [0.1, 0.15) is 0 Å². The first-order chi connectivity index (χ1) is 9.22. The van der Waals surface area contributed by atoms with E-state index in [0.29, 0.717) is 5.56 Å². The molecule has 0 saturated carbocycles.